The third kappa shape index (κ3) is 1.35. The lowest BCUT2D eigenvalue weighted by molar-refractivity contribution is 0.0298. The number of hydrogen-bond donors (Lipinski definition) is 2. The molecule has 1 aromatic carbocycles. The fraction of sp³-hybridized carbons (Fsp3) is 0.579. The Hall–Kier alpha value is -1.32. The van der Waals surface area contributed by atoms with Crippen LogP contribution < -0.4 is 5.32 Å². The molecule has 1 saturated carbocycles. The third-order valence-corrected chi connectivity index (χ3v) is 7.01. The number of para-hydroxylation sites is 1. The van der Waals surface area contributed by atoms with Crippen LogP contribution in [0.5, 0.6) is 0 Å². The van der Waals surface area contributed by atoms with Gasteiger partial charge in [-0.25, -0.2) is 0 Å². The first kappa shape index (κ1) is 13.1. The van der Waals surface area contributed by atoms with E-state index in [0.717, 1.165) is 6.54 Å². The van der Waals surface area contributed by atoms with Gasteiger partial charge in [-0.2, -0.15) is 0 Å². The van der Waals surface area contributed by atoms with Crippen molar-refractivity contribution in [1.82, 2.24) is 4.90 Å². The minimum atomic E-state index is 0.222. The molecule has 0 amide bonds. The first-order valence-electron chi connectivity index (χ1n) is 8.65. The quantitative estimate of drug-likeness (QED) is 0.781. The molecule has 1 aliphatic carbocycles. The van der Waals surface area contributed by atoms with E-state index in [9.17, 15) is 5.11 Å². The van der Waals surface area contributed by atoms with Gasteiger partial charge in [0.25, 0.3) is 0 Å². The fourth-order valence-electron chi connectivity index (χ4n) is 6.13. The maximum atomic E-state index is 10.2. The van der Waals surface area contributed by atoms with E-state index in [2.05, 4.69) is 47.5 Å². The van der Waals surface area contributed by atoms with Gasteiger partial charge in [0.15, 0.2) is 0 Å². The van der Waals surface area contributed by atoms with Crippen molar-refractivity contribution in [3.8, 4) is 0 Å². The average molecular weight is 296 g/mol. The van der Waals surface area contributed by atoms with Gasteiger partial charge in [0.2, 0.25) is 0 Å². The molecule has 1 spiro atoms. The molecule has 0 radical (unpaired) electrons. The standard InChI is InChI=1S/C19H24N2O/c1-2-12-10-21-8-7-19-15-5-3-4-6-16(15)20-18(19)14(11-22)13(12)9-17(19)21/h2-6,13-14,17-18,20,22H,7-11H2,1H3. The van der Waals surface area contributed by atoms with Gasteiger partial charge < -0.3 is 10.4 Å². The van der Waals surface area contributed by atoms with Crippen molar-refractivity contribution in [3.05, 3.63) is 41.5 Å². The molecular weight excluding hydrogens is 272 g/mol. The molecule has 1 aromatic rings. The Labute approximate surface area is 132 Å². The summed E-state index contributed by atoms with van der Waals surface area (Å²) >= 11 is 0. The van der Waals surface area contributed by atoms with E-state index in [1.165, 1.54) is 30.6 Å². The van der Waals surface area contributed by atoms with Crippen molar-refractivity contribution < 1.29 is 5.11 Å². The van der Waals surface area contributed by atoms with E-state index < -0.39 is 0 Å². The number of nitrogens with zero attached hydrogens (tertiary/aromatic N) is 1. The van der Waals surface area contributed by atoms with Crippen LogP contribution in [0, 0.1) is 11.8 Å². The summed E-state index contributed by atoms with van der Waals surface area (Å²) in [6.45, 7) is 4.76. The maximum absolute atomic E-state index is 10.2. The molecule has 116 valence electrons. The van der Waals surface area contributed by atoms with Crippen molar-refractivity contribution in [2.45, 2.75) is 37.3 Å². The monoisotopic (exact) mass is 296 g/mol. The summed E-state index contributed by atoms with van der Waals surface area (Å²) in [7, 11) is 0. The second-order valence-corrected chi connectivity index (χ2v) is 7.50. The molecule has 2 saturated heterocycles. The SMILES string of the molecule is CC=C1CN2CCC34c5ccccc5NC3C(CO)C1CC24. The lowest BCUT2D eigenvalue weighted by atomic mass is 9.56. The summed E-state index contributed by atoms with van der Waals surface area (Å²) in [4.78, 5) is 2.70. The highest BCUT2D eigenvalue weighted by Gasteiger charge is 2.64. The van der Waals surface area contributed by atoms with Crippen LogP contribution in [0.2, 0.25) is 0 Å². The van der Waals surface area contributed by atoms with Crippen molar-refractivity contribution >= 4 is 5.69 Å². The Kier molecular flexibility index (Phi) is 2.61. The zero-order valence-electron chi connectivity index (χ0n) is 13.1. The Balaban J connectivity index is 1.71. The van der Waals surface area contributed by atoms with E-state index in [1.807, 2.05) is 0 Å². The molecule has 5 rings (SSSR count). The number of anilines is 1. The minimum absolute atomic E-state index is 0.222. The van der Waals surface area contributed by atoms with E-state index in [4.69, 9.17) is 0 Å². The number of allylic oxidation sites excluding steroid dienone is 1. The van der Waals surface area contributed by atoms with Gasteiger partial charge in [-0.05, 0) is 43.9 Å². The molecule has 3 heterocycles. The topological polar surface area (TPSA) is 35.5 Å². The minimum Gasteiger partial charge on any atom is -0.396 e. The summed E-state index contributed by atoms with van der Waals surface area (Å²) in [5, 5.41) is 14.0. The summed E-state index contributed by atoms with van der Waals surface area (Å²) in [5.74, 6) is 0.893. The van der Waals surface area contributed by atoms with Crippen LogP contribution >= 0.6 is 0 Å². The van der Waals surface area contributed by atoms with Crippen molar-refractivity contribution in [1.29, 1.82) is 0 Å². The van der Waals surface area contributed by atoms with Gasteiger partial charge in [-0.15, -0.1) is 0 Å². The smallest absolute Gasteiger partial charge is 0.0484 e. The molecule has 5 atom stereocenters. The summed E-state index contributed by atoms with van der Waals surface area (Å²) in [5.41, 5.74) is 4.58. The van der Waals surface area contributed by atoms with E-state index in [0.29, 0.717) is 30.5 Å². The van der Waals surface area contributed by atoms with Crippen LogP contribution in [0.4, 0.5) is 5.69 Å². The molecule has 3 fully saturated rings. The van der Waals surface area contributed by atoms with Gasteiger partial charge in [-0.1, -0.05) is 29.8 Å². The molecule has 2 N–H and O–H groups in total. The largest absolute Gasteiger partial charge is 0.396 e. The van der Waals surface area contributed by atoms with Crippen molar-refractivity contribution in [2.24, 2.45) is 11.8 Å². The zero-order chi connectivity index (χ0) is 14.9. The maximum Gasteiger partial charge on any atom is 0.0484 e. The number of aliphatic hydroxyl groups is 1. The predicted octanol–water partition coefficient (Wildman–Crippen LogP) is 2.38. The molecule has 3 nitrogen and oxygen atoms in total. The average Bonchev–Trinajstić information content (AvgIpc) is 3.11. The van der Waals surface area contributed by atoms with Gasteiger partial charge in [0.05, 0.1) is 0 Å². The molecule has 22 heavy (non-hydrogen) atoms. The Morgan fingerprint density at radius 1 is 1.41 bits per heavy atom. The number of hydrogen-bond acceptors (Lipinski definition) is 3. The zero-order valence-corrected chi connectivity index (χ0v) is 13.1. The van der Waals surface area contributed by atoms with E-state index in [-0.39, 0.29) is 5.41 Å². The Bertz CT molecular complexity index is 655. The number of nitrogens with one attached hydrogen (secondary N) is 1. The molecular formula is C19H24N2O. The fourth-order valence-corrected chi connectivity index (χ4v) is 6.13. The predicted molar refractivity (Wildman–Crippen MR) is 87.9 cm³/mol. The number of fused-ring (bicyclic) bond motifs is 2. The lowest BCUT2D eigenvalue weighted by Crippen LogP contribution is -2.62. The number of rotatable bonds is 1. The number of piperidine rings is 1. The van der Waals surface area contributed by atoms with Crippen LogP contribution in [0.15, 0.2) is 35.9 Å². The van der Waals surface area contributed by atoms with E-state index in [1.54, 1.807) is 5.57 Å². The molecule has 2 bridgehead atoms. The van der Waals surface area contributed by atoms with Gasteiger partial charge in [0, 0.05) is 42.3 Å². The van der Waals surface area contributed by atoms with Crippen LogP contribution in [-0.4, -0.2) is 41.8 Å². The second-order valence-electron chi connectivity index (χ2n) is 7.50. The van der Waals surface area contributed by atoms with Crippen LogP contribution in [0.3, 0.4) is 0 Å². The Morgan fingerprint density at radius 3 is 3.09 bits per heavy atom. The first-order valence-corrected chi connectivity index (χ1v) is 8.65. The highest BCUT2D eigenvalue weighted by atomic mass is 16.3. The number of benzene rings is 1. The van der Waals surface area contributed by atoms with Crippen LogP contribution in [-0.2, 0) is 5.41 Å². The Morgan fingerprint density at radius 2 is 2.27 bits per heavy atom. The van der Waals surface area contributed by atoms with Gasteiger partial charge >= 0.3 is 0 Å². The molecule has 5 unspecified atom stereocenters. The van der Waals surface area contributed by atoms with Crippen molar-refractivity contribution in [3.63, 3.8) is 0 Å². The van der Waals surface area contributed by atoms with Gasteiger partial charge in [0.1, 0.15) is 0 Å². The molecule has 0 aromatic heterocycles. The lowest BCUT2D eigenvalue weighted by Gasteiger charge is -2.54. The summed E-state index contributed by atoms with van der Waals surface area (Å²) < 4.78 is 0. The molecule has 4 aliphatic rings. The third-order valence-electron chi connectivity index (χ3n) is 7.01. The second kappa shape index (κ2) is 4.36. The molecule has 3 heteroatoms. The molecule has 3 aliphatic heterocycles. The highest BCUT2D eigenvalue weighted by molar-refractivity contribution is 5.65. The number of aliphatic hydroxyl groups excluding tert-OH is 1. The van der Waals surface area contributed by atoms with Crippen LogP contribution in [0.25, 0.3) is 0 Å². The normalized spacial score (nSPS) is 43.8. The summed E-state index contributed by atoms with van der Waals surface area (Å²) in [6.07, 6.45) is 4.75. The first-order chi connectivity index (χ1) is 10.8. The highest BCUT2D eigenvalue weighted by Crippen LogP contribution is 2.60. The van der Waals surface area contributed by atoms with Gasteiger partial charge in [-0.3, -0.25) is 4.90 Å². The summed E-state index contributed by atoms with van der Waals surface area (Å²) in [6, 6.07) is 9.89. The van der Waals surface area contributed by atoms with Crippen LogP contribution in [0.1, 0.15) is 25.3 Å². The van der Waals surface area contributed by atoms with Crippen molar-refractivity contribution in [2.75, 3.05) is 25.0 Å². The van der Waals surface area contributed by atoms with E-state index >= 15 is 0 Å².